The van der Waals surface area contributed by atoms with Crippen LogP contribution in [0.4, 0.5) is 11.4 Å². The Hall–Kier alpha value is -0.890. The van der Waals surface area contributed by atoms with Gasteiger partial charge < -0.3 is 10.6 Å². The van der Waals surface area contributed by atoms with Crippen LogP contribution in [-0.2, 0) is 0 Å². The quantitative estimate of drug-likeness (QED) is 0.799. The molecule has 1 unspecified atom stereocenters. The van der Waals surface area contributed by atoms with Crippen LogP contribution in [0.25, 0.3) is 0 Å². The summed E-state index contributed by atoms with van der Waals surface area (Å²) in [5, 5.41) is 0.767. The van der Waals surface area contributed by atoms with E-state index in [0.717, 1.165) is 35.4 Å². The highest BCUT2D eigenvalue weighted by atomic mass is 35.5. The maximum absolute atomic E-state index is 6.02. The molecule has 0 spiro atoms. The first-order chi connectivity index (χ1) is 7.70. The molecule has 2 rings (SSSR count). The molecule has 1 aliphatic heterocycles. The van der Waals surface area contributed by atoms with Crippen LogP contribution < -0.4 is 10.6 Å². The number of nitrogens with zero attached hydrogens (tertiary/aromatic N) is 1. The van der Waals surface area contributed by atoms with E-state index in [4.69, 9.17) is 17.3 Å². The lowest BCUT2D eigenvalue weighted by Gasteiger charge is -2.34. The molecule has 0 radical (unpaired) electrons. The summed E-state index contributed by atoms with van der Waals surface area (Å²) in [5.41, 5.74) is 7.94. The van der Waals surface area contributed by atoms with Gasteiger partial charge in [0.15, 0.2) is 0 Å². The fourth-order valence-corrected chi connectivity index (χ4v) is 2.57. The second kappa shape index (κ2) is 4.96. The molecule has 2 nitrogen and oxygen atoms in total. The molecule has 0 aliphatic carbocycles. The van der Waals surface area contributed by atoms with Gasteiger partial charge in [-0.05, 0) is 37.0 Å². The Labute approximate surface area is 102 Å². The molecule has 3 heteroatoms. The summed E-state index contributed by atoms with van der Waals surface area (Å²) in [6.45, 7) is 4.47. The minimum absolute atomic E-state index is 0.767. The third-order valence-electron chi connectivity index (χ3n) is 3.43. The number of rotatable bonds is 2. The van der Waals surface area contributed by atoms with Crippen LogP contribution >= 0.6 is 11.6 Å². The molecule has 2 N–H and O–H groups in total. The van der Waals surface area contributed by atoms with Gasteiger partial charge in [0.05, 0.1) is 11.4 Å². The largest absolute Gasteiger partial charge is 0.397 e. The van der Waals surface area contributed by atoms with Crippen molar-refractivity contribution in [3.8, 4) is 0 Å². The number of hydrogen-bond donors (Lipinski definition) is 1. The number of halogens is 1. The van der Waals surface area contributed by atoms with Crippen molar-refractivity contribution in [1.29, 1.82) is 0 Å². The van der Waals surface area contributed by atoms with Gasteiger partial charge in [-0.15, -0.1) is 0 Å². The second-order valence-corrected chi connectivity index (χ2v) is 5.00. The third kappa shape index (κ3) is 2.43. The first-order valence-corrected chi connectivity index (χ1v) is 6.38. The predicted octanol–water partition coefficient (Wildman–Crippen LogP) is 3.55. The Morgan fingerprint density at radius 3 is 3.06 bits per heavy atom. The van der Waals surface area contributed by atoms with Crippen molar-refractivity contribution in [1.82, 2.24) is 0 Å². The summed E-state index contributed by atoms with van der Waals surface area (Å²) in [6, 6.07) is 5.73. The number of benzene rings is 1. The molecule has 1 atom stereocenters. The second-order valence-electron chi connectivity index (χ2n) is 4.57. The lowest BCUT2D eigenvalue weighted by molar-refractivity contribution is 0.405. The van der Waals surface area contributed by atoms with Gasteiger partial charge in [0.2, 0.25) is 0 Å². The molecule has 0 aromatic heterocycles. The van der Waals surface area contributed by atoms with Gasteiger partial charge in [-0.2, -0.15) is 0 Å². The average molecular weight is 239 g/mol. The Kier molecular flexibility index (Phi) is 3.59. The fraction of sp³-hybridized carbons (Fsp3) is 0.538. The summed E-state index contributed by atoms with van der Waals surface area (Å²) in [5.74, 6) is 0.798. The van der Waals surface area contributed by atoms with Gasteiger partial charge in [-0.1, -0.05) is 24.9 Å². The zero-order valence-electron chi connectivity index (χ0n) is 9.75. The normalized spacial score (nSPS) is 21.1. The van der Waals surface area contributed by atoms with E-state index in [9.17, 15) is 0 Å². The van der Waals surface area contributed by atoms with Gasteiger partial charge in [0.25, 0.3) is 0 Å². The number of nitrogen functional groups attached to an aromatic ring is 1. The van der Waals surface area contributed by atoms with Crippen molar-refractivity contribution in [2.45, 2.75) is 26.2 Å². The van der Waals surface area contributed by atoms with Crippen LogP contribution in [0.3, 0.4) is 0 Å². The smallest absolute Gasteiger partial charge is 0.0614 e. The van der Waals surface area contributed by atoms with Gasteiger partial charge >= 0.3 is 0 Å². The van der Waals surface area contributed by atoms with Crippen LogP contribution in [0.15, 0.2) is 18.2 Å². The fourth-order valence-electron chi connectivity index (χ4n) is 2.41. The number of anilines is 2. The molecular formula is C13H19ClN2. The van der Waals surface area contributed by atoms with Gasteiger partial charge in [0.1, 0.15) is 0 Å². The van der Waals surface area contributed by atoms with Crippen molar-refractivity contribution >= 4 is 23.0 Å². The highest BCUT2D eigenvalue weighted by molar-refractivity contribution is 6.31. The van der Waals surface area contributed by atoms with Gasteiger partial charge in [0, 0.05) is 18.1 Å². The van der Waals surface area contributed by atoms with Crippen LogP contribution in [0.1, 0.15) is 26.2 Å². The van der Waals surface area contributed by atoms with E-state index >= 15 is 0 Å². The van der Waals surface area contributed by atoms with Crippen LogP contribution in [-0.4, -0.2) is 13.1 Å². The van der Waals surface area contributed by atoms with E-state index in [-0.39, 0.29) is 0 Å². The van der Waals surface area contributed by atoms with Crippen LogP contribution in [0, 0.1) is 5.92 Å². The summed E-state index contributed by atoms with van der Waals surface area (Å²) in [6.07, 6.45) is 3.84. The third-order valence-corrected chi connectivity index (χ3v) is 3.66. The maximum Gasteiger partial charge on any atom is 0.0614 e. The molecule has 1 fully saturated rings. The molecule has 0 saturated carbocycles. The Morgan fingerprint density at radius 1 is 1.50 bits per heavy atom. The zero-order valence-corrected chi connectivity index (χ0v) is 10.5. The Morgan fingerprint density at radius 2 is 2.31 bits per heavy atom. The van der Waals surface area contributed by atoms with Crippen molar-refractivity contribution < 1.29 is 0 Å². The highest BCUT2D eigenvalue weighted by Crippen LogP contribution is 2.31. The van der Waals surface area contributed by atoms with E-state index in [1.165, 1.54) is 19.3 Å². The first kappa shape index (κ1) is 11.6. The van der Waals surface area contributed by atoms with Gasteiger partial charge in [-0.25, -0.2) is 0 Å². The molecule has 1 aromatic rings. The van der Waals surface area contributed by atoms with Crippen molar-refractivity contribution in [2.24, 2.45) is 5.92 Å². The zero-order chi connectivity index (χ0) is 11.5. The molecule has 0 bridgehead atoms. The standard InChI is InChI=1S/C13H19ClN2/c1-2-10-4-3-7-16(9-10)13-8-11(14)5-6-12(13)15/h5-6,8,10H,2-4,7,9,15H2,1H3. The number of hydrogen-bond acceptors (Lipinski definition) is 2. The van der Waals surface area contributed by atoms with Crippen molar-refractivity contribution in [2.75, 3.05) is 23.7 Å². The summed E-state index contributed by atoms with van der Waals surface area (Å²) in [4.78, 5) is 2.37. The molecular weight excluding hydrogens is 220 g/mol. The SMILES string of the molecule is CCC1CCCN(c2cc(Cl)ccc2N)C1. The maximum atomic E-state index is 6.02. The van der Waals surface area contributed by atoms with Gasteiger partial charge in [-0.3, -0.25) is 0 Å². The van der Waals surface area contributed by atoms with Crippen LogP contribution in [0.2, 0.25) is 5.02 Å². The number of piperidine rings is 1. The van der Waals surface area contributed by atoms with E-state index in [1.807, 2.05) is 18.2 Å². The van der Waals surface area contributed by atoms with Crippen molar-refractivity contribution in [3.63, 3.8) is 0 Å². The Bertz CT molecular complexity index is 365. The topological polar surface area (TPSA) is 29.3 Å². The monoisotopic (exact) mass is 238 g/mol. The molecule has 1 heterocycles. The molecule has 1 saturated heterocycles. The molecule has 1 aromatic carbocycles. The summed E-state index contributed by atoms with van der Waals surface area (Å²) in [7, 11) is 0. The summed E-state index contributed by atoms with van der Waals surface area (Å²) < 4.78 is 0. The first-order valence-electron chi connectivity index (χ1n) is 6.00. The lowest BCUT2D eigenvalue weighted by atomic mass is 9.95. The minimum Gasteiger partial charge on any atom is -0.397 e. The molecule has 88 valence electrons. The lowest BCUT2D eigenvalue weighted by Crippen LogP contribution is -2.35. The van der Waals surface area contributed by atoms with Crippen LogP contribution in [0.5, 0.6) is 0 Å². The van der Waals surface area contributed by atoms with E-state index < -0.39 is 0 Å². The minimum atomic E-state index is 0.767. The average Bonchev–Trinajstić information content (AvgIpc) is 2.32. The Balaban J connectivity index is 2.19. The van der Waals surface area contributed by atoms with E-state index in [1.54, 1.807) is 0 Å². The van der Waals surface area contributed by atoms with Crippen molar-refractivity contribution in [3.05, 3.63) is 23.2 Å². The molecule has 16 heavy (non-hydrogen) atoms. The summed E-state index contributed by atoms with van der Waals surface area (Å²) >= 11 is 6.02. The predicted molar refractivity (Wildman–Crippen MR) is 71.1 cm³/mol. The van der Waals surface area contributed by atoms with E-state index in [2.05, 4.69) is 11.8 Å². The highest BCUT2D eigenvalue weighted by Gasteiger charge is 2.20. The molecule has 0 amide bonds. The molecule has 1 aliphatic rings. The van der Waals surface area contributed by atoms with E-state index in [0.29, 0.717) is 0 Å². The number of nitrogens with two attached hydrogens (primary N) is 1.